The maximum atomic E-state index is 13.7. The van der Waals surface area contributed by atoms with Crippen molar-refractivity contribution in [3.05, 3.63) is 113 Å². The number of Topliss-reactive ketones (excluding diaryl/α,β-unsaturated/α-hetero) is 1. The van der Waals surface area contributed by atoms with E-state index in [-0.39, 0.29) is 29.3 Å². The summed E-state index contributed by atoms with van der Waals surface area (Å²) in [5, 5.41) is 10.3. The molecule has 0 saturated heterocycles. The topological polar surface area (TPSA) is 37.3 Å². The van der Waals surface area contributed by atoms with Crippen LogP contribution in [0.3, 0.4) is 0 Å². The molecular formula is C26H24O2. The molecule has 140 valence electrons. The summed E-state index contributed by atoms with van der Waals surface area (Å²) < 4.78 is 0. The van der Waals surface area contributed by atoms with Crippen molar-refractivity contribution in [3.63, 3.8) is 0 Å². The van der Waals surface area contributed by atoms with Gasteiger partial charge in [0.25, 0.3) is 0 Å². The van der Waals surface area contributed by atoms with Crippen LogP contribution < -0.4 is 0 Å². The summed E-state index contributed by atoms with van der Waals surface area (Å²) in [4.78, 5) is 13.7. The predicted molar refractivity (Wildman–Crippen MR) is 113 cm³/mol. The van der Waals surface area contributed by atoms with E-state index in [4.69, 9.17) is 0 Å². The third-order valence-corrected chi connectivity index (χ3v) is 5.71. The highest BCUT2D eigenvalue weighted by molar-refractivity contribution is 6.01. The molecule has 0 spiro atoms. The molecule has 1 aliphatic carbocycles. The molecule has 4 rings (SSSR count). The van der Waals surface area contributed by atoms with E-state index in [9.17, 15) is 9.90 Å². The van der Waals surface area contributed by atoms with Gasteiger partial charge in [-0.25, -0.2) is 0 Å². The second kappa shape index (κ2) is 7.85. The molecule has 0 radical (unpaired) electrons. The van der Waals surface area contributed by atoms with Crippen molar-refractivity contribution in [3.8, 4) is 5.75 Å². The Morgan fingerprint density at radius 3 is 2.04 bits per heavy atom. The van der Waals surface area contributed by atoms with Gasteiger partial charge in [-0.2, -0.15) is 0 Å². The molecule has 0 aliphatic heterocycles. The van der Waals surface area contributed by atoms with E-state index in [0.29, 0.717) is 5.56 Å². The fourth-order valence-electron chi connectivity index (χ4n) is 4.41. The number of allylic oxidation sites excluding steroid dienone is 2. The van der Waals surface area contributed by atoms with E-state index in [1.807, 2.05) is 42.5 Å². The van der Waals surface area contributed by atoms with Crippen LogP contribution in [0.15, 0.2) is 96.6 Å². The highest BCUT2D eigenvalue weighted by Gasteiger charge is 2.39. The molecule has 2 nitrogen and oxygen atoms in total. The molecule has 3 atom stereocenters. The van der Waals surface area contributed by atoms with Gasteiger partial charge in [-0.05, 0) is 42.5 Å². The fourth-order valence-corrected chi connectivity index (χ4v) is 4.41. The first kappa shape index (κ1) is 18.2. The molecule has 1 aliphatic rings. The smallest absolute Gasteiger partial charge is 0.171 e. The molecule has 0 fully saturated rings. The van der Waals surface area contributed by atoms with Crippen LogP contribution in [0.2, 0.25) is 0 Å². The van der Waals surface area contributed by atoms with E-state index in [1.165, 1.54) is 11.1 Å². The number of para-hydroxylation sites is 1. The first-order valence-electron chi connectivity index (χ1n) is 9.74. The summed E-state index contributed by atoms with van der Waals surface area (Å²) in [6.07, 6.45) is 3.08. The van der Waals surface area contributed by atoms with Crippen molar-refractivity contribution in [1.29, 1.82) is 0 Å². The van der Waals surface area contributed by atoms with Gasteiger partial charge in [-0.1, -0.05) is 84.4 Å². The summed E-state index contributed by atoms with van der Waals surface area (Å²) in [6.45, 7) is 2.15. The molecule has 2 heteroatoms. The van der Waals surface area contributed by atoms with E-state index in [1.54, 1.807) is 18.2 Å². The second-order valence-electron chi connectivity index (χ2n) is 7.58. The van der Waals surface area contributed by atoms with Gasteiger partial charge in [0.05, 0.1) is 5.56 Å². The lowest BCUT2D eigenvalue weighted by molar-refractivity contribution is 0.0878. The van der Waals surface area contributed by atoms with Crippen LogP contribution in [0.5, 0.6) is 5.75 Å². The minimum Gasteiger partial charge on any atom is -0.507 e. The Hall–Kier alpha value is -3.13. The van der Waals surface area contributed by atoms with E-state index < -0.39 is 0 Å². The molecule has 0 unspecified atom stereocenters. The summed E-state index contributed by atoms with van der Waals surface area (Å²) in [7, 11) is 0. The Morgan fingerprint density at radius 1 is 0.821 bits per heavy atom. The Balaban J connectivity index is 1.86. The lowest BCUT2D eigenvalue weighted by Gasteiger charge is -2.36. The number of hydrogen-bond donors (Lipinski definition) is 1. The Kier molecular flexibility index (Phi) is 5.12. The third-order valence-electron chi connectivity index (χ3n) is 5.71. The van der Waals surface area contributed by atoms with Crippen molar-refractivity contribution in [2.45, 2.75) is 25.2 Å². The van der Waals surface area contributed by atoms with Crippen molar-refractivity contribution < 1.29 is 9.90 Å². The van der Waals surface area contributed by atoms with Gasteiger partial charge in [0.2, 0.25) is 0 Å². The molecule has 0 heterocycles. The first-order chi connectivity index (χ1) is 13.6. The SMILES string of the molecule is CC1=C[C@H](c2ccccc2)[C@@H](C(=O)c2ccccc2O)[C@H](c2ccccc2)C1. The number of carbonyl (C=O) groups is 1. The Morgan fingerprint density at radius 2 is 1.39 bits per heavy atom. The second-order valence-corrected chi connectivity index (χ2v) is 7.58. The molecule has 3 aromatic carbocycles. The molecule has 0 amide bonds. The van der Waals surface area contributed by atoms with Gasteiger partial charge in [0.1, 0.15) is 5.75 Å². The van der Waals surface area contributed by atoms with Crippen LogP contribution >= 0.6 is 0 Å². The van der Waals surface area contributed by atoms with Gasteiger partial charge < -0.3 is 5.11 Å². The summed E-state index contributed by atoms with van der Waals surface area (Å²) in [6, 6.07) is 27.4. The van der Waals surface area contributed by atoms with Crippen molar-refractivity contribution in [1.82, 2.24) is 0 Å². The number of aromatic hydroxyl groups is 1. The minimum absolute atomic E-state index is 0.00422. The van der Waals surface area contributed by atoms with Gasteiger partial charge in [0.15, 0.2) is 5.78 Å². The summed E-state index contributed by atoms with van der Waals surface area (Å²) in [5.41, 5.74) is 4.01. The van der Waals surface area contributed by atoms with E-state index in [2.05, 4.69) is 37.3 Å². The monoisotopic (exact) mass is 368 g/mol. The summed E-state index contributed by atoms with van der Waals surface area (Å²) in [5.74, 6) is -0.153. The van der Waals surface area contributed by atoms with Crippen molar-refractivity contribution in [2.75, 3.05) is 0 Å². The largest absolute Gasteiger partial charge is 0.507 e. The van der Waals surface area contributed by atoms with Gasteiger partial charge in [-0.3, -0.25) is 4.79 Å². The zero-order valence-electron chi connectivity index (χ0n) is 16.0. The number of benzene rings is 3. The molecule has 0 saturated carbocycles. The maximum absolute atomic E-state index is 13.7. The van der Waals surface area contributed by atoms with Crippen LogP contribution in [0.4, 0.5) is 0 Å². The molecule has 3 aromatic rings. The quantitative estimate of drug-likeness (QED) is 0.446. The van der Waals surface area contributed by atoms with Gasteiger partial charge >= 0.3 is 0 Å². The average Bonchev–Trinajstić information content (AvgIpc) is 2.74. The van der Waals surface area contributed by atoms with E-state index in [0.717, 1.165) is 12.0 Å². The number of phenolic OH excluding ortho intramolecular Hbond substituents is 1. The number of ketones is 1. The highest BCUT2D eigenvalue weighted by Crippen LogP contribution is 2.47. The lowest BCUT2D eigenvalue weighted by atomic mass is 9.66. The molecule has 0 bridgehead atoms. The number of hydrogen-bond acceptors (Lipinski definition) is 2. The number of phenols is 1. The van der Waals surface area contributed by atoms with Crippen LogP contribution in [-0.2, 0) is 0 Å². The third kappa shape index (κ3) is 3.50. The lowest BCUT2D eigenvalue weighted by Crippen LogP contribution is -2.31. The molecular weight excluding hydrogens is 344 g/mol. The average molecular weight is 368 g/mol. The minimum atomic E-state index is -0.262. The zero-order valence-corrected chi connectivity index (χ0v) is 16.0. The highest BCUT2D eigenvalue weighted by atomic mass is 16.3. The molecule has 1 N–H and O–H groups in total. The van der Waals surface area contributed by atoms with E-state index >= 15 is 0 Å². The normalized spacial score (nSPS) is 21.8. The van der Waals surface area contributed by atoms with Gasteiger partial charge in [0, 0.05) is 11.8 Å². The Bertz CT molecular complexity index is 989. The molecule has 28 heavy (non-hydrogen) atoms. The number of carbonyl (C=O) groups excluding carboxylic acids is 1. The van der Waals surface area contributed by atoms with Crippen LogP contribution in [0, 0.1) is 5.92 Å². The Labute approximate surface area is 166 Å². The van der Waals surface area contributed by atoms with Crippen LogP contribution in [0.1, 0.15) is 46.7 Å². The predicted octanol–water partition coefficient (Wildman–Crippen LogP) is 6.11. The fraction of sp³-hybridized carbons (Fsp3) is 0.192. The summed E-state index contributed by atoms with van der Waals surface area (Å²) >= 11 is 0. The van der Waals surface area contributed by atoms with Gasteiger partial charge in [-0.15, -0.1) is 0 Å². The van der Waals surface area contributed by atoms with Crippen molar-refractivity contribution >= 4 is 5.78 Å². The van der Waals surface area contributed by atoms with Crippen LogP contribution in [0.25, 0.3) is 0 Å². The zero-order chi connectivity index (χ0) is 19.5. The van der Waals surface area contributed by atoms with Crippen LogP contribution in [-0.4, -0.2) is 10.9 Å². The first-order valence-corrected chi connectivity index (χ1v) is 9.74. The number of rotatable bonds is 4. The maximum Gasteiger partial charge on any atom is 0.171 e. The van der Waals surface area contributed by atoms with Crippen molar-refractivity contribution in [2.24, 2.45) is 5.92 Å². The molecule has 0 aromatic heterocycles. The standard InChI is InChI=1S/C26H24O2/c1-18-16-22(19-10-4-2-5-11-19)25(23(17-18)20-12-6-3-7-13-20)26(28)21-14-8-9-15-24(21)27/h2-16,22-23,25,27H,17H2,1H3/t22-,23+,25-/m1/s1.